The van der Waals surface area contributed by atoms with E-state index in [0.29, 0.717) is 0 Å². The van der Waals surface area contributed by atoms with Crippen LogP contribution in [-0.4, -0.2) is 12.4 Å². The summed E-state index contributed by atoms with van der Waals surface area (Å²) in [4.78, 5) is 0. The standard InChI is InChI=1S/C6H12N2.ClH/c7-6-4-2-1-3-5-8-6;/h1-5H2,(H2,7,8);1H. The summed E-state index contributed by atoms with van der Waals surface area (Å²) in [6.07, 6.45) is 4.68. The van der Waals surface area contributed by atoms with Gasteiger partial charge in [0.05, 0.1) is 5.84 Å². The highest BCUT2D eigenvalue weighted by atomic mass is 35.5. The number of hydrogen-bond acceptors (Lipinski definition) is 1. The second-order valence-corrected chi connectivity index (χ2v) is 2.22. The lowest BCUT2D eigenvalue weighted by Gasteiger charge is -1.97. The summed E-state index contributed by atoms with van der Waals surface area (Å²) in [5.74, 6) is 0.725. The molecule has 1 heterocycles. The van der Waals surface area contributed by atoms with Crippen LogP contribution >= 0.6 is 12.4 Å². The van der Waals surface area contributed by atoms with Crippen LogP contribution in [0.1, 0.15) is 25.7 Å². The maximum absolute atomic E-state index is 7.22. The number of halogens is 1. The molecule has 0 unspecified atom stereocenters. The van der Waals surface area contributed by atoms with Crippen LogP contribution < -0.4 is 5.32 Å². The smallest absolute Gasteiger partial charge is 0.0931 e. The topological polar surface area (TPSA) is 35.9 Å². The van der Waals surface area contributed by atoms with E-state index in [9.17, 15) is 0 Å². The number of amidine groups is 1. The molecule has 2 nitrogen and oxygen atoms in total. The van der Waals surface area contributed by atoms with Crippen molar-refractivity contribution in [2.24, 2.45) is 0 Å². The fourth-order valence-corrected chi connectivity index (χ4v) is 0.931. The Hall–Kier alpha value is -0.240. The van der Waals surface area contributed by atoms with Crippen LogP contribution in [0.2, 0.25) is 0 Å². The van der Waals surface area contributed by atoms with Crippen LogP contribution in [0, 0.1) is 5.41 Å². The fourth-order valence-electron chi connectivity index (χ4n) is 0.931. The van der Waals surface area contributed by atoms with Gasteiger partial charge in [0.15, 0.2) is 0 Å². The molecular weight excluding hydrogens is 136 g/mol. The van der Waals surface area contributed by atoms with E-state index in [1.54, 1.807) is 0 Å². The van der Waals surface area contributed by atoms with Crippen molar-refractivity contribution < 1.29 is 0 Å². The average molecular weight is 149 g/mol. The summed E-state index contributed by atoms with van der Waals surface area (Å²) in [6.45, 7) is 1.01. The quantitative estimate of drug-likeness (QED) is 0.537. The first-order valence-corrected chi connectivity index (χ1v) is 3.21. The van der Waals surface area contributed by atoms with E-state index in [1.807, 2.05) is 0 Å². The van der Waals surface area contributed by atoms with Crippen LogP contribution in [0.3, 0.4) is 0 Å². The molecule has 0 aliphatic carbocycles. The van der Waals surface area contributed by atoms with Crippen LogP contribution in [0.4, 0.5) is 0 Å². The van der Waals surface area contributed by atoms with E-state index in [-0.39, 0.29) is 12.4 Å². The van der Waals surface area contributed by atoms with Gasteiger partial charge in [0.2, 0.25) is 0 Å². The van der Waals surface area contributed by atoms with E-state index in [1.165, 1.54) is 19.3 Å². The molecule has 1 saturated heterocycles. The van der Waals surface area contributed by atoms with Crippen molar-refractivity contribution in [1.82, 2.24) is 5.32 Å². The van der Waals surface area contributed by atoms with Gasteiger partial charge < -0.3 is 5.32 Å². The normalized spacial score (nSPS) is 19.3. The highest BCUT2D eigenvalue weighted by Gasteiger charge is 1.99. The molecule has 9 heavy (non-hydrogen) atoms. The van der Waals surface area contributed by atoms with E-state index in [4.69, 9.17) is 5.41 Å². The molecule has 2 N–H and O–H groups in total. The Labute approximate surface area is 61.9 Å². The minimum Gasteiger partial charge on any atom is -0.374 e. The maximum Gasteiger partial charge on any atom is 0.0931 e. The van der Waals surface area contributed by atoms with Gasteiger partial charge in [-0.25, -0.2) is 0 Å². The van der Waals surface area contributed by atoms with Crippen molar-refractivity contribution >= 4 is 18.2 Å². The van der Waals surface area contributed by atoms with Crippen LogP contribution in [0.5, 0.6) is 0 Å². The van der Waals surface area contributed by atoms with Crippen LogP contribution in [0.15, 0.2) is 0 Å². The Morgan fingerprint density at radius 3 is 2.78 bits per heavy atom. The van der Waals surface area contributed by atoms with Crippen LogP contribution in [0.25, 0.3) is 0 Å². The van der Waals surface area contributed by atoms with Gasteiger partial charge in [0.25, 0.3) is 0 Å². The molecule has 1 aliphatic rings. The Morgan fingerprint density at radius 2 is 2.00 bits per heavy atom. The van der Waals surface area contributed by atoms with Crippen molar-refractivity contribution in [3.05, 3.63) is 0 Å². The molecule has 0 saturated carbocycles. The second kappa shape index (κ2) is 4.62. The second-order valence-electron chi connectivity index (χ2n) is 2.22. The van der Waals surface area contributed by atoms with Gasteiger partial charge in [-0.15, -0.1) is 12.4 Å². The van der Waals surface area contributed by atoms with Crippen molar-refractivity contribution in [2.45, 2.75) is 25.7 Å². The minimum atomic E-state index is 0. The molecule has 0 aromatic rings. The number of hydrogen-bond donors (Lipinski definition) is 2. The third-order valence-corrected chi connectivity index (χ3v) is 1.44. The number of nitrogens with one attached hydrogen (secondary N) is 2. The van der Waals surface area contributed by atoms with Gasteiger partial charge in [-0.3, -0.25) is 5.41 Å². The molecule has 54 valence electrons. The van der Waals surface area contributed by atoms with E-state index in [0.717, 1.165) is 18.8 Å². The first kappa shape index (κ1) is 8.76. The molecule has 0 aromatic carbocycles. The lowest BCUT2D eigenvalue weighted by molar-refractivity contribution is 0.721. The Morgan fingerprint density at radius 1 is 1.22 bits per heavy atom. The lowest BCUT2D eigenvalue weighted by atomic mass is 10.2. The molecule has 1 rings (SSSR count). The Balaban J connectivity index is 0.000000640. The summed E-state index contributed by atoms with van der Waals surface area (Å²) in [5, 5.41) is 10.2. The van der Waals surface area contributed by atoms with Gasteiger partial charge in [0, 0.05) is 13.0 Å². The zero-order valence-electron chi connectivity index (χ0n) is 5.44. The molecule has 0 aromatic heterocycles. The first-order valence-electron chi connectivity index (χ1n) is 3.21. The fraction of sp³-hybridized carbons (Fsp3) is 0.833. The zero-order chi connectivity index (χ0) is 5.82. The van der Waals surface area contributed by atoms with Gasteiger partial charge in [-0.2, -0.15) is 0 Å². The molecule has 0 bridgehead atoms. The highest BCUT2D eigenvalue weighted by Crippen LogP contribution is 2.02. The van der Waals surface area contributed by atoms with Crippen LogP contribution in [-0.2, 0) is 0 Å². The highest BCUT2D eigenvalue weighted by molar-refractivity contribution is 5.85. The molecule has 3 heteroatoms. The summed E-state index contributed by atoms with van der Waals surface area (Å²) in [5.41, 5.74) is 0. The van der Waals surface area contributed by atoms with Crippen molar-refractivity contribution in [2.75, 3.05) is 6.54 Å². The summed E-state index contributed by atoms with van der Waals surface area (Å²) in [7, 11) is 0. The molecule has 1 aliphatic heterocycles. The molecule has 0 amide bonds. The molecular formula is C6H13ClN2. The summed E-state index contributed by atoms with van der Waals surface area (Å²) < 4.78 is 0. The Bertz CT molecular complexity index is 83.1. The van der Waals surface area contributed by atoms with Gasteiger partial charge in [-0.05, 0) is 12.8 Å². The first-order chi connectivity index (χ1) is 3.89. The predicted octanol–water partition coefficient (Wildman–Crippen LogP) is 1.55. The third-order valence-electron chi connectivity index (χ3n) is 1.44. The average Bonchev–Trinajstić information content (AvgIpc) is 1.94. The molecule has 0 radical (unpaired) electrons. The summed E-state index contributed by atoms with van der Waals surface area (Å²) in [6, 6.07) is 0. The molecule has 0 spiro atoms. The third kappa shape index (κ3) is 3.36. The summed E-state index contributed by atoms with van der Waals surface area (Å²) >= 11 is 0. The van der Waals surface area contributed by atoms with Crippen molar-refractivity contribution in [3.8, 4) is 0 Å². The molecule has 1 fully saturated rings. The SMILES string of the molecule is Cl.N=C1CCCCCN1. The van der Waals surface area contributed by atoms with Crippen molar-refractivity contribution in [1.29, 1.82) is 5.41 Å². The van der Waals surface area contributed by atoms with Gasteiger partial charge in [-0.1, -0.05) is 6.42 Å². The molecule has 0 atom stereocenters. The lowest BCUT2D eigenvalue weighted by Crippen LogP contribution is -2.20. The van der Waals surface area contributed by atoms with Gasteiger partial charge >= 0.3 is 0 Å². The van der Waals surface area contributed by atoms with Gasteiger partial charge in [0.1, 0.15) is 0 Å². The number of rotatable bonds is 0. The van der Waals surface area contributed by atoms with E-state index in [2.05, 4.69) is 5.32 Å². The zero-order valence-corrected chi connectivity index (χ0v) is 6.26. The van der Waals surface area contributed by atoms with E-state index < -0.39 is 0 Å². The largest absolute Gasteiger partial charge is 0.374 e. The van der Waals surface area contributed by atoms with Crippen molar-refractivity contribution in [3.63, 3.8) is 0 Å². The maximum atomic E-state index is 7.22. The predicted molar refractivity (Wildman–Crippen MR) is 41.4 cm³/mol. The monoisotopic (exact) mass is 148 g/mol. The minimum absolute atomic E-state index is 0. The Kier molecular flexibility index (Phi) is 4.50. The van der Waals surface area contributed by atoms with E-state index >= 15 is 0 Å².